The molecule has 4 nitrogen and oxygen atoms in total. The maximum absolute atomic E-state index is 6.44. The predicted molar refractivity (Wildman–Crippen MR) is 93.8 cm³/mol. The van der Waals surface area contributed by atoms with Gasteiger partial charge in [0.25, 0.3) is 0 Å². The molecule has 2 aromatic heterocycles. The highest BCUT2D eigenvalue weighted by Crippen LogP contribution is 2.31. The molecule has 3 heterocycles. The molecule has 1 aliphatic rings. The Kier molecular flexibility index (Phi) is 3.79. The van der Waals surface area contributed by atoms with Crippen molar-refractivity contribution in [1.29, 1.82) is 0 Å². The summed E-state index contributed by atoms with van der Waals surface area (Å²) in [6, 6.07) is 12.1. The summed E-state index contributed by atoms with van der Waals surface area (Å²) in [7, 11) is 2.01. The molecular formula is C18H19ClN4. The van der Waals surface area contributed by atoms with Gasteiger partial charge in [0.15, 0.2) is 5.82 Å². The quantitative estimate of drug-likeness (QED) is 0.779. The van der Waals surface area contributed by atoms with Crippen LogP contribution in [0.25, 0.3) is 22.6 Å². The lowest BCUT2D eigenvalue weighted by molar-refractivity contribution is 0.453. The lowest BCUT2D eigenvalue weighted by atomic mass is 9.94. The number of aromatic nitrogens is 3. The van der Waals surface area contributed by atoms with Crippen molar-refractivity contribution in [3.05, 3.63) is 47.1 Å². The monoisotopic (exact) mass is 326 g/mol. The van der Waals surface area contributed by atoms with E-state index in [4.69, 9.17) is 21.6 Å². The van der Waals surface area contributed by atoms with E-state index in [-0.39, 0.29) is 0 Å². The molecule has 1 aromatic carbocycles. The largest absolute Gasteiger partial charge is 0.326 e. The van der Waals surface area contributed by atoms with Crippen LogP contribution in [0.3, 0.4) is 0 Å². The van der Waals surface area contributed by atoms with Crippen molar-refractivity contribution in [2.45, 2.75) is 18.8 Å². The number of aryl methyl sites for hydroxylation is 1. The molecule has 1 N–H and O–H groups in total. The molecular weight excluding hydrogens is 308 g/mol. The van der Waals surface area contributed by atoms with Gasteiger partial charge in [-0.2, -0.15) is 0 Å². The highest BCUT2D eigenvalue weighted by atomic mass is 35.5. The third kappa shape index (κ3) is 2.62. The van der Waals surface area contributed by atoms with Gasteiger partial charge >= 0.3 is 0 Å². The van der Waals surface area contributed by atoms with E-state index in [1.807, 2.05) is 31.3 Å². The molecule has 0 spiro atoms. The standard InChI is InChI=1S/C18H19ClN4/c1-23-16-5-3-2-4-15(16)22-18(23)17-13(19)6-7-14(21-17)12-8-10-20-11-9-12/h2-7,12,20H,8-11H2,1H3. The van der Waals surface area contributed by atoms with Gasteiger partial charge < -0.3 is 9.88 Å². The highest BCUT2D eigenvalue weighted by molar-refractivity contribution is 6.32. The third-order valence-corrected chi connectivity index (χ3v) is 4.93. The average Bonchev–Trinajstić information content (AvgIpc) is 2.93. The van der Waals surface area contributed by atoms with Crippen LogP contribution in [-0.2, 0) is 7.05 Å². The Hall–Kier alpha value is -1.91. The maximum atomic E-state index is 6.44. The molecule has 23 heavy (non-hydrogen) atoms. The van der Waals surface area contributed by atoms with Gasteiger partial charge in [-0.3, -0.25) is 0 Å². The summed E-state index contributed by atoms with van der Waals surface area (Å²) in [5, 5.41) is 4.05. The van der Waals surface area contributed by atoms with E-state index in [1.54, 1.807) is 0 Å². The summed E-state index contributed by atoms with van der Waals surface area (Å²) in [4.78, 5) is 9.61. The molecule has 1 fully saturated rings. The van der Waals surface area contributed by atoms with Crippen molar-refractivity contribution >= 4 is 22.6 Å². The van der Waals surface area contributed by atoms with Gasteiger partial charge in [0.2, 0.25) is 0 Å². The number of para-hydroxylation sites is 2. The van der Waals surface area contributed by atoms with Crippen LogP contribution >= 0.6 is 11.6 Å². The first-order valence-electron chi connectivity index (χ1n) is 8.03. The fraction of sp³-hybridized carbons (Fsp3) is 0.333. The zero-order valence-electron chi connectivity index (χ0n) is 13.1. The topological polar surface area (TPSA) is 42.7 Å². The molecule has 0 saturated carbocycles. The van der Waals surface area contributed by atoms with Gasteiger partial charge in [0.1, 0.15) is 5.69 Å². The Morgan fingerprint density at radius 2 is 1.87 bits per heavy atom. The van der Waals surface area contributed by atoms with E-state index in [0.29, 0.717) is 10.9 Å². The van der Waals surface area contributed by atoms with E-state index in [9.17, 15) is 0 Å². The van der Waals surface area contributed by atoms with Gasteiger partial charge in [0.05, 0.1) is 16.1 Å². The molecule has 3 aromatic rings. The van der Waals surface area contributed by atoms with E-state index in [0.717, 1.165) is 54.2 Å². The Morgan fingerprint density at radius 1 is 1.09 bits per heavy atom. The first-order valence-corrected chi connectivity index (χ1v) is 8.41. The molecule has 0 aliphatic carbocycles. The van der Waals surface area contributed by atoms with Crippen molar-refractivity contribution in [3.63, 3.8) is 0 Å². The number of halogens is 1. The van der Waals surface area contributed by atoms with E-state index in [1.165, 1.54) is 0 Å². The number of rotatable bonds is 2. The zero-order chi connectivity index (χ0) is 15.8. The molecule has 0 bridgehead atoms. The molecule has 0 atom stereocenters. The molecule has 4 rings (SSSR count). The fourth-order valence-corrected chi connectivity index (χ4v) is 3.51. The third-order valence-electron chi connectivity index (χ3n) is 4.62. The van der Waals surface area contributed by atoms with Crippen LogP contribution in [0, 0.1) is 0 Å². The Labute approximate surface area is 140 Å². The number of nitrogens with one attached hydrogen (secondary N) is 1. The lowest BCUT2D eigenvalue weighted by Gasteiger charge is -2.22. The number of fused-ring (bicyclic) bond motifs is 1. The predicted octanol–water partition coefficient (Wildman–Crippen LogP) is 3.76. The molecule has 0 radical (unpaired) electrons. The van der Waals surface area contributed by atoms with Gasteiger partial charge in [-0.05, 0) is 50.2 Å². The van der Waals surface area contributed by atoms with Crippen LogP contribution < -0.4 is 5.32 Å². The fourth-order valence-electron chi connectivity index (χ4n) is 3.32. The van der Waals surface area contributed by atoms with Crippen LogP contribution in [0.5, 0.6) is 0 Å². The minimum absolute atomic E-state index is 0.502. The number of hydrogen-bond donors (Lipinski definition) is 1. The summed E-state index contributed by atoms with van der Waals surface area (Å²) < 4.78 is 2.07. The van der Waals surface area contributed by atoms with Crippen LogP contribution in [0.2, 0.25) is 5.02 Å². The summed E-state index contributed by atoms with van der Waals surface area (Å²) in [5.74, 6) is 1.33. The second-order valence-electron chi connectivity index (χ2n) is 6.07. The molecule has 5 heteroatoms. The normalized spacial score (nSPS) is 16.1. The van der Waals surface area contributed by atoms with Crippen LogP contribution in [-0.4, -0.2) is 27.6 Å². The molecule has 1 aliphatic heterocycles. The molecule has 1 saturated heterocycles. The zero-order valence-corrected chi connectivity index (χ0v) is 13.8. The Bertz CT molecular complexity index is 849. The van der Waals surface area contributed by atoms with Gasteiger partial charge in [-0.15, -0.1) is 0 Å². The summed E-state index contributed by atoms with van der Waals surface area (Å²) in [6.45, 7) is 2.10. The molecule has 0 amide bonds. The second-order valence-corrected chi connectivity index (χ2v) is 6.48. The van der Waals surface area contributed by atoms with Crippen molar-refractivity contribution in [2.75, 3.05) is 13.1 Å². The molecule has 0 unspecified atom stereocenters. The Balaban J connectivity index is 1.81. The number of benzene rings is 1. The lowest BCUT2D eigenvalue weighted by Crippen LogP contribution is -2.27. The number of piperidine rings is 1. The first kappa shape index (κ1) is 14.7. The summed E-state index contributed by atoms with van der Waals surface area (Å²) in [6.07, 6.45) is 2.24. The van der Waals surface area contributed by atoms with Crippen molar-refractivity contribution < 1.29 is 0 Å². The van der Waals surface area contributed by atoms with Gasteiger partial charge in [-0.25, -0.2) is 9.97 Å². The van der Waals surface area contributed by atoms with E-state index >= 15 is 0 Å². The van der Waals surface area contributed by atoms with Crippen LogP contribution in [0.1, 0.15) is 24.5 Å². The number of pyridine rings is 1. The summed E-state index contributed by atoms with van der Waals surface area (Å²) >= 11 is 6.44. The maximum Gasteiger partial charge on any atom is 0.161 e. The molecule has 118 valence electrons. The number of imidazole rings is 1. The van der Waals surface area contributed by atoms with Crippen molar-refractivity contribution in [3.8, 4) is 11.5 Å². The van der Waals surface area contributed by atoms with Crippen LogP contribution in [0.4, 0.5) is 0 Å². The first-order chi connectivity index (χ1) is 11.2. The van der Waals surface area contributed by atoms with Crippen molar-refractivity contribution in [1.82, 2.24) is 19.9 Å². The average molecular weight is 327 g/mol. The highest BCUT2D eigenvalue weighted by Gasteiger charge is 2.20. The van der Waals surface area contributed by atoms with Gasteiger partial charge in [0, 0.05) is 18.7 Å². The minimum Gasteiger partial charge on any atom is -0.326 e. The second kappa shape index (κ2) is 5.95. The number of hydrogen-bond acceptors (Lipinski definition) is 3. The SMILES string of the molecule is Cn1c(-c2nc(C3CCNCC3)ccc2Cl)nc2ccccc21. The van der Waals surface area contributed by atoms with E-state index < -0.39 is 0 Å². The number of nitrogens with zero attached hydrogens (tertiary/aromatic N) is 3. The van der Waals surface area contributed by atoms with Crippen LogP contribution in [0.15, 0.2) is 36.4 Å². The van der Waals surface area contributed by atoms with E-state index in [2.05, 4.69) is 22.0 Å². The smallest absolute Gasteiger partial charge is 0.161 e. The minimum atomic E-state index is 0.502. The summed E-state index contributed by atoms with van der Waals surface area (Å²) in [5.41, 5.74) is 3.96. The van der Waals surface area contributed by atoms with Crippen molar-refractivity contribution in [2.24, 2.45) is 7.05 Å². The van der Waals surface area contributed by atoms with Gasteiger partial charge in [-0.1, -0.05) is 23.7 Å². The Morgan fingerprint density at radius 3 is 2.65 bits per heavy atom.